The van der Waals surface area contributed by atoms with Crippen LogP contribution in [0.2, 0.25) is 0 Å². The Labute approximate surface area is 409 Å². The molecule has 0 N–H and O–H groups in total. The van der Waals surface area contributed by atoms with Crippen LogP contribution in [0.1, 0.15) is 49.9 Å². The van der Waals surface area contributed by atoms with Gasteiger partial charge in [-0.2, -0.15) is 0 Å². The van der Waals surface area contributed by atoms with Crippen LogP contribution < -0.4 is 0 Å². The molecule has 6 heterocycles. The lowest BCUT2D eigenvalue weighted by atomic mass is 9.79. The van der Waals surface area contributed by atoms with Gasteiger partial charge < -0.3 is 8.80 Å². The van der Waals surface area contributed by atoms with Gasteiger partial charge in [-0.3, -0.25) is 0 Å². The molecular weight excluding hydrogens is 885 g/mol. The Morgan fingerprint density at radius 2 is 0.771 bits per heavy atom. The number of fused-ring (bicyclic) bond motifs is 28. The monoisotopic (exact) mass is 924 g/mol. The molecule has 70 heavy (non-hydrogen) atoms. The molecule has 0 fully saturated rings. The molecule has 2 aliphatic carbocycles. The Kier molecular flexibility index (Phi) is 6.36. The van der Waals surface area contributed by atoms with Crippen molar-refractivity contribution in [1.82, 2.24) is 8.80 Å². The van der Waals surface area contributed by atoms with E-state index in [0.717, 1.165) is 0 Å². The van der Waals surface area contributed by atoms with Gasteiger partial charge in [0, 0.05) is 94.3 Å². The van der Waals surface area contributed by atoms with E-state index in [-0.39, 0.29) is 10.8 Å². The van der Waals surface area contributed by atoms with Gasteiger partial charge in [-0.1, -0.05) is 155 Å². The molecule has 18 rings (SSSR count). The van der Waals surface area contributed by atoms with Gasteiger partial charge in [0.1, 0.15) is 0 Å². The summed E-state index contributed by atoms with van der Waals surface area (Å²) < 4.78 is 10.6. The summed E-state index contributed by atoms with van der Waals surface area (Å²) in [5, 5.41) is 16.4. The van der Waals surface area contributed by atoms with Gasteiger partial charge in [0.15, 0.2) is 0 Å². The molecule has 0 saturated carbocycles. The van der Waals surface area contributed by atoms with Crippen molar-refractivity contribution in [1.29, 1.82) is 0 Å². The SMILES string of the molecule is CC1(C)c2ccccc2-c2ccc3c(c21)c1cccc2c4c5c(ccc4n3c12)-c1ccc(-c2ccc3c(c2)sc2c3ccc3c2c2cccc4c6c7sc8ccccc8c7ccc6n3c42)cc1C5(C)C. The van der Waals surface area contributed by atoms with Gasteiger partial charge in [0.05, 0.1) is 33.1 Å². The maximum Gasteiger partial charge on any atom is 0.0621 e. The highest BCUT2D eigenvalue weighted by Crippen LogP contribution is 2.58. The maximum absolute atomic E-state index is 2.60. The molecule has 0 spiro atoms. The Morgan fingerprint density at radius 3 is 1.43 bits per heavy atom. The zero-order chi connectivity index (χ0) is 45.8. The highest BCUT2D eigenvalue weighted by molar-refractivity contribution is 7.27. The minimum absolute atomic E-state index is 0.0872. The molecule has 0 radical (unpaired) electrons. The molecule has 0 atom stereocenters. The van der Waals surface area contributed by atoms with Crippen molar-refractivity contribution in [3.8, 4) is 33.4 Å². The second-order valence-electron chi connectivity index (χ2n) is 21.5. The molecule has 2 nitrogen and oxygen atoms in total. The van der Waals surface area contributed by atoms with E-state index in [0.29, 0.717) is 0 Å². The third kappa shape index (κ3) is 4.06. The second-order valence-corrected chi connectivity index (χ2v) is 23.6. The molecule has 326 valence electrons. The van der Waals surface area contributed by atoms with E-state index in [1.807, 2.05) is 22.7 Å². The fourth-order valence-corrected chi connectivity index (χ4v) is 17.2. The quantitative estimate of drug-likeness (QED) is 0.155. The Morgan fingerprint density at radius 1 is 0.329 bits per heavy atom. The van der Waals surface area contributed by atoms with Gasteiger partial charge in [0.2, 0.25) is 0 Å². The normalized spacial score (nSPS) is 15.1. The van der Waals surface area contributed by atoms with Crippen molar-refractivity contribution < 1.29 is 0 Å². The first kappa shape index (κ1) is 37.2. The van der Waals surface area contributed by atoms with Crippen LogP contribution in [-0.4, -0.2) is 8.80 Å². The van der Waals surface area contributed by atoms with Crippen molar-refractivity contribution in [3.05, 3.63) is 192 Å². The van der Waals surface area contributed by atoms with Crippen molar-refractivity contribution in [2.75, 3.05) is 0 Å². The smallest absolute Gasteiger partial charge is 0.0621 e. The van der Waals surface area contributed by atoms with Crippen molar-refractivity contribution in [2.24, 2.45) is 0 Å². The molecule has 2 aliphatic rings. The number of benzene rings is 10. The first-order valence-electron chi connectivity index (χ1n) is 24.7. The summed E-state index contributed by atoms with van der Waals surface area (Å²) in [5.74, 6) is 0. The lowest BCUT2D eigenvalue weighted by Gasteiger charge is -2.23. The predicted molar refractivity (Wildman–Crippen MR) is 302 cm³/mol. The molecular formula is C66H40N2S2. The average Bonchev–Trinajstić information content (AvgIpc) is 4.27. The van der Waals surface area contributed by atoms with Crippen molar-refractivity contribution in [2.45, 2.75) is 38.5 Å². The van der Waals surface area contributed by atoms with Crippen LogP contribution in [0.3, 0.4) is 0 Å². The van der Waals surface area contributed by atoms with Crippen LogP contribution in [-0.2, 0) is 10.8 Å². The summed E-state index contributed by atoms with van der Waals surface area (Å²) in [7, 11) is 0. The third-order valence-electron chi connectivity index (χ3n) is 17.5. The Hall–Kier alpha value is -7.76. The number of hydrogen-bond acceptors (Lipinski definition) is 2. The van der Waals surface area contributed by atoms with Gasteiger partial charge in [-0.05, 0) is 98.1 Å². The number of aromatic nitrogens is 2. The fourth-order valence-electron chi connectivity index (χ4n) is 14.7. The van der Waals surface area contributed by atoms with Gasteiger partial charge >= 0.3 is 0 Å². The minimum Gasteiger partial charge on any atom is -0.308 e. The van der Waals surface area contributed by atoms with Gasteiger partial charge in [-0.25, -0.2) is 0 Å². The average molecular weight is 925 g/mol. The number of rotatable bonds is 1. The molecule has 10 aromatic carbocycles. The van der Waals surface area contributed by atoms with E-state index in [1.54, 1.807) is 0 Å². The molecule has 0 aliphatic heterocycles. The Bertz CT molecular complexity index is 5120. The van der Waals surface area contributed by atoms with Crippen LogP contribution in [0.5, 0.6) is 0 Å². The topological polar surface area (TPSA) is 8.82 Å². The summed E-state index contributed by atoms with van der Waals surface area (Å²) in [6.45, 7) is 9.75. The van der Waals surface area contributed by atoms with Crippen molar-refractivity contribution in [3.63, 3.8) is 0 Å². The molecule has 0 saturated heterocycles. The third-order valence-corrected chi connectivity index (χ3v) is 19.9. The zero-order valence-corrected chi connectivity index (χ0v) is 40.5. The maximum atomic E-state index is 2.60. The molecule has 4 heteroatoms. The first-order chi connectivity index (χ1) is 34.3. The lowest BCUT2D eigenvalue weighted by Crippen LogP contribution is -2.15. The highest BCUT2D eigenvalue weighted by atomic mass is 32.1. The summed E-state index contributed by atoms with van der Waals surface area (Å²) >= 11 is 3.89. The summed E-state index contributed by atoms with van der Waals surface area (Å²) in [6, 6.07) is 65.5. The van der Waals surface area contributed by atoms with Crippen LogP contribution in [0.25, 0.3) is 150 Å². The summed E-state index contributed by atoms with van der Waals surface area (Å²) in [6.07, 6.45) is 0. The van der Waals surface area contributed by atoms with Gasteiger partial charge in [0.25, 0.3) is 0 Å². The van der Waals surface area contributed by atoms with E-state index >= 15 is 0 Å². The second kappa shape index (κ2) is 12.0. The Balaban J connectivity index is 0.789. The number of thiophene rings is 2. The van der Waals surface area contributed by atoms with E-state index in [4.69, 9.17) is 0 Å². The largest absolute Gasteiger partial charge is 0.308 e. The predicted octanol–water partition coefficient (Wildman–Crippen LogP) is 19.0. The van der Waals surface area contributed by atoms with E-state index in [1.165, 1.54) is 172 Å². The van der Waals surface area contributed by atoms with Crippen LogP contribution in [0.15, 0.2) is 170 Å². The minimum atomic E-state index is -0.203. The van der Waals surface area contributed by atoms with E-state index in [2.05, 4.69) is 206 Å². The zero-order valence-electron chi connectivity index (χ0n) is 38.9. The van der Waals surface area contributed by atoms with Gasteiger partial charge in [-0.15, -0.1) is 22.7 Å². The summed E-state index contributed by atoms with van der Waals surface area (Å²) in [5.41, 5.74) is 21.4. The van der Waals surface area contributed by atoms with Crippen LogP contribution in [0, 0.1) is 0 Å². The standard InChI is InChI=1S/C66H40N2S2/c1-65(2)47-17-7-5-11-35(47)39-23-27-49-55(59(39)65)43-13-9-14-44-56-50(67(49)61(43)44)28-24-40-36-21-19-33(31-48(36)66(3,4)60(40)56)34-20-22-38-42-26-30-52-58(64(42)70-54(38)32-34)46-16-10-15-45-57-51(68(52)62(45)46)29-25-41-37-12-6-8-18-53(37)69-63(41)57/h5-32H,1-4H3. The van der Waals surface area contributed by atoms with Crippen molar-refractivity contribution >= 4 is 139 Å². The molecule has 0 amide bonds. The fraction of sp³-hybridized carbons (Fsp3) is 0.0909. The van der Waals surface area contributed by atoms with E-state index < -0.39 is 0 Å². The highest BCUT2D eigenvalue weighted by Gasteiger charge is 2.41. The first-order valence-corrected chi connectivity index (χ1v) is 26.3. The molecule has 6 aromatic heterocycles. The van der Waals surface area contributed by atoms with Crippen LogP contribution in [0.4, 0.5) is 0 Å². The van der Waals surface area contributed by atoms with Crippen LogP contribution >= 0.6 is 22.7 Å². The number of hydrogen-bond donors (Lipinski definition) is 0. The number of nitrogens with zero attached hydrogens (tertiary/aromatic N) is 2. The molecule has 0 bridgehead atoms. The molecule has 0 unspecified atom stereocenters. The van der Waals surface area contributed by atoms with E-state index in [9.17, 15) is 0 Å². The number of para-hydroxylation sites is 2. The molecule has 16 aromatic rings. The lowest BCUT2D eigenvalue weighted by molar-refractivity contribution is 0.666. The summed E-state index contributed by atoms with van der Waals surface area (Å²) in [4.78, 5) is 0.